The van der Waals surface area contributed by atoms with Gasteiger partial charge in [-0.15, -0.1) is 0 Å². The van der Waals surface area contributed by atoms with Crippen LogP contribution >= 0.6 is 0 Å². The molecular weight excluding hydrogens is 202 g/mol. The van der Waals surface area contributed by atoms with Gasteiger partial charge in [0.25, 0.3) is 0 Å². The topological polar surface area (TPSA) is 21.3 Å². The van der Waals surface area contributed by atoms with Gasteiger partial charge < -0.3 is 9.74 Å². The SMILES string of the molecule is CCO[SiH](C)CCCNc1ccccc1. The van der Waals surface area contributed by atoms with Gasteiger partial charge in [-0.2, -0.15) is 0 Å². The lowest BCUT2D eigenvalue weighted by Crippen LogP contribution is -2.14. The maximum absolute atomic E-state index is 5.61. The molecule has 1 unspecified atom stereocenters. The van der Waals surface area contributed by atoms with E-state index in [-0.39, 0.29) is 0 Å². The summed E-state index contributed by atoms with van der Waals surface area (Å²) in [5, 5.41) is 3.41. The maximum Gasteiger partial charge on any atom is 0.173 e. The molecule has 0 saturated heterocycles. The Hall–Kier alpha value is -0.803. The molecule has 1 rings (SSSR count). The maximum atomic E-state index is 5.61. The summed E-state index contributed by atoms with van der Waals surface area (Å²) >= 11 is 0. The molecule has 0 aliphatic heterocycles. The quantitative estimate of drug-likeness (QED) is 0.567. The van der Waals surface area contributed by atoms with Crippen molar-refractivity contribution in [2.75, 3.05) is 18.5 Å². The van der Waals surface area contributed by atoms with Crippen LogP contribution in [0.4, 0.5) is 5.69 Å². The van der Waals surface area contributed by atoms with Crippen molar-refractivity contribution in [1.82, 2.24) is 0 Å². The molecule has 0 bridgehead atoms. The number of hydrogen-bond acceptors (Lipinski definition) is 2. The average molecular weight is 223 g/mol. The normalized spacial score (nSPS) is 12.4. The summed E-state index contributed by atoms with van der Waals surface area (Å²) in [5.74, 6) is 0. The van der Waals surface area contributed by atoms with E-state index in [1.807, 2.05) is 6.07 Å². The molecule has 0 amide bonds. The van der Waals surface area contributed by atoms with Crippen molar-refractivity contribution in [3.8, 4) is 0 Å². The molecule has 0 heterocycles. The van der Waals surface area contributed by atoms with E-state index in [9.17, 15) is 0 Å². The number of para-hydroxylation sites is 1. The predicted octanol–water partition coefficient (Wildman–Crippen LogP) is 2.88. The lowest BCUT2D eigenvalue weighted by atomic mass is 10.3. The zero-order chi connectivity index (χ0) is 10.9. The fourth-order valence-electron chi connectivity index (χ4n) is 1.55. The predicted molar refractivity (Wildman–Crippen MR) is 69.0 cm³/mol. The van der Waals surface area contributed by atoms with Gasteiger partial charge in [0, 0.05) is 18.8 Å². The third-order valence-corrected chi connectivity index (χ3v) is 4.47. The Morgan fingerprint density at radius 2 is 2.00 bits per heavy atom. The molecule has 0 fully saturated rings. The van der Waals surface area contributed by atoms with E-state index in [0.717, 1.165) is 13.2 Å². The van der Waals surface area contributed by atoms with Crippen LogP contribution in [-0.2, 0) is 4.43 Å². The molecule has 15 heavy (non-hydrogen) atoms. The first-order valence-corrected chi connectivity index (χ1v) is 8.17. The van der Waals surface area contributed by atoms with Gasteiger partial charge in [0.05, 0.1) is 0 Å². The van der Waals surface area contributed by atoms with Crippen molar-refractivity contribution >= 4 is 14.7 Å². The smallest absolute Gasteiger partial charge is 0.173 e. The van der Waals surface area contributed by atoms with Crippen molar-refractivity contribution in [1.29, 1.82) is 0 Å². The van der Waals surface area contributed by atoms with Gasteiger partial charge in [-0.25, -0.2) is 0 Å². The molecule has 3 heteroatoms. The van der Waals surface area contributed by atoms with Gasteiger partial charge in [-0.1, -0.05) is 18.2 Å². The van der Waals surface area contributed by atoms with E-state index >= 15 is 0 Å². The molecule has 2 nitrogen and oxygen atoms in total. The Balaban J connectivity index is 2.07. The largest absolute Gasteiger partial charge is 0.421 e. The van der Waals surface area contributed by atoms with Crippen molar-refractivity contribution in [3.05, 3.63) is 30.3 Å². The molecule has 1 aromatic rings. The molecule has 0 aliphatic rings. The second-order valence-electron chi connectivity index (χ2n) is 3.70. The van der Waals surface area contributed by atoms with Crippen molar-refractivity contribution < 1.29 is 4.43 Å². The molecular formula is C12H21NOSi. The van der Waals surface area contributed by atoms with E-state index in [2.05, 4.69) is 43.1 Å². The Labute approximate surface area is 94.4 Å². The van der Waals surface area contributed by atoms with Crippen LogP contribution in [-0.4, -0.2) is 22.2 Å². The highest BCUT2D eigenvalue weighted by molar-refractivity contribution is 6.50. The van der Waals surface area contributed by atoms with Gasteiger partial charge in [-0.05, 0) is 38.1 Å². The van der Waals surface area contributed by atoms with Crippen molar-refractivity contribution in [3.63, 3.8) is 0 Å². The molecule has 0 spiro atoms. The third-order valence-electron chi connectivity index (χ3n) is 2.34. The Morgan fingerprint density at radius 3 is 2.67 bits per heavy atom. The number of rotatable bonds is 7. The number of anilines is 1. The van der Waals surface area contributed by atoms with Crippen LogP contribution in [0.1, 0.15) is 13.3 Å². The first kappa shape index (κ1) is 12.3. The summed E-state index contributed by atoms with van der Waals surface area (Å²) in [7, 11) is -0.868. The van der Waals surface area contributed by atoms with E-state index in [1.54, 1.807) is 0 Å². The summed E-state index contributed by atoms with van der Waals surface area (Å²) < 4.78 is 5.61. The molecule has 0 saturated carbocycles. The van der Waals surface area contributed by atoms with E-state index in [4.69, 9.17) is 4.43 Å². The average Bonchev–Trinajstić information content (AvgIpc) is 2.26. The molecule has 84 valence electrons. The fraction of sp³-hybridized carbons (Fsp3) is 0.500. The van der Waals surface area contributed by atoms with Crippen LogP contribution < -0.4 is 5.32 Å². The summed E-state index contributed by atoms with van der Waals surface area (Å²) in [6.45, 7) is 6.27. The number of nitrogens with one attached hydrogen (secondary N) is 1. The highest BCUT2D eigenvalue weighted by Crippen LogP contribution is 2.06. The van der Waals surface area contributed by atoms with Crippen LogP contribution in [0.15, 0.2) is 30.3 Å². The Bertz CT molecular complexity index is 253. The molecule has 1 atom stereocenters. The first-order chi connectivity index (χ1) is 7.33. The van der Waals surface area contributed by atoms with Crippen molar-refractivity contribution in [2.45, 2.75) is 25.9 Å². The number of hydrogen-bond donors (Lipinski definition) is 1. The Kier molecular flexibility index (Phi) is 6.12. The third kappa shape index (κ3) is 5.59. The van der Waals surface area contributed by atoms with Crippen LogP contribution in [0, 0.1) is 0 Å². The van der Waals surface area contributed by atoms with Crippen molar-refractivity contribution in [2.24, 2.45) is 0 Å². The van der Waals surface area contributed by atoms with Gasteiger partial charge in [0.15, 0.2) is 9.04 Å². The highest BCUT2D eigenvalue weighted by Gasteiger charge is 2.02. The zero-order valence-electron chi connectivity index (χ0n) is 9.70. The molecule has 1 aromatic carbocycles. The van der Waals surface area contributed by atoms with Crippen LogP contribution in [0.25, 0.3) is 0 Å². The minimum Gasteiger partial charge on any atom is -0.421 e. The minimum absolute atomic E-state index is 0.868. The molecule has 0 aromatic heterocycles. The lowest BCUT2D eigenvalue weighted by molar-refractivity contribution is 0.345. The summed E-state index contributed by atoms with van der Waals surface area (Å²) in [5.41, 5.74) is 1.21. The van der Waals surface area contributed by atoms with E-state index in [0.29, 0.717) is 0 Å². The number of benzene rings is 1. The van der Waals surface area contributed by atoms with Crippen LogP contribution in [0.3, 0.4) is 0 Å². The van der Waals surface area contributed by atoms with Gasteiger partial charge in [0.2, 0.25) is 0 Å². The summed E-state index contributed by atoms with van der Waals surface area (Å²) in [4.78, 5) is 0. The van der Waals surface area contributed by atoms with Crippen LogP contribution in [0.5, 0.6) is 0 Å². The molecule has 0 radical (unpaired) electrons. The standard InChI is InChI=1S/C12H21NOSi/c1-3-14-15(2)11-7-10-13-12-8-5-4-6-9-12/h4-6,8-9,13,15H,3,7,10-11H2,1-2H3. The zero-order valence-corrected chi connectivity index (χ0v) is 10.9. The second kappa shape index (κ2) is 7.48. The monoisotopic (exact) mass is 223 g/mol. The molecule has 0 aliphatic carbocycles. The molecule has 1 N–H and O–H groups in total. The second-order valence-corrected chi connectivity index (χ2v) is 6.23. The highest BCUT2D eigenvalue weighted by atomic mass is 28.3. The van der Waals surface area contributed by atoms with E-state index in [1.165, 1.54) is 18.2 Å². The Morgan fingerprint density at radius 1 is 1.27 bits per heavy atom. The van der Waals surface area contributed by atoms with E-state index < -0.39 is 9.04 Å². The summed E-state index contributed by atoms with van der Waals surface area (Å²) in [6.07, 6.45) is 1.21. The first-order valence-electron chi connectivity index (χ1n) is 5.73. The lowest BCUT2D eigenvalue weighted by Gasteiger charge is -2.10. The summed E-state index contributed by atoms with van der Waals surface area (Å²) in [6, 6.07) is 11.6. The fourth-order valence-corrected chi connectivity index (χ4v) is 3.06. The van der Waals surface area contributed by atoms with Gasteiger partial charge in [-0.3, -0.25) is 0 Å². The van der Waals surface area contributed by atoms with Gasteiger partial charge in [0.1, 0.15) is 0 Å². The van der Waals surface area contributed by atoms with Crippen LogP contribution in [0.2, 0.25) is 12.6 Å². The van der Waals surface area contributed by atoms with Gasteiger partial charge >= 0.3 is 0 Å². The minimum atomic E-state index is -0.868.